The van der Waals surface area contributed by atoms with Crippen LogP contribution in [0.25, 0.3) is 11.1 Å². The lowest BCUT2D eigenvalue weighted by Gasteiger charge is -2.14. The van der Waals surface area contributed by atoms with Crippen molar-refractivity contribution in [2.45, 2.75) is 32.4 Å². The van der Waals surface area contributed by atoms with Crippen LogP contribution in [0.15, 0.2) is 48.0 Å². The van der Waals surface area contributed by atoms with Crippen LogP contribution >= 0.6 is 11.5 Å². The molecule has 0 spiro atoms. The van der Waals surface area contributed by atoms with E-state index in [9.17, 15) is 18.8 Å². The second kappa shape index (κ2) is 9.86. The standard InChI is InChI=1S/C23H21FN4O4S/c1-14(29)2-8-18-12-28(23(31)32-18)17-7-9-19(20(24)10-17)15-3-5-16(6-4-15)22(30)25-11-21-26-13-33-27-21/h3-7,9-10,13,18H,2,8,11-12H2,1H3,(H,25,30)/t18-/m0/s1. The SMILES string of the molecule is CC(=O)CC[C@H]1CN(c2ccc(-c3ccc(C(=O)NCc4ncsn4)cc3)c(F)c2)C(=O)O1. The molecular weight excluding hydrogens is 447 g/mol. The summed E-state index contributed by atoms with van der Waals surface area (Å²) in [6.07, 6.45) is -0.180. The fourth-order valence-corrected chi connectivity index (χ4v) is 3.94. The smallest absolute Gasteiger partial charge is 0.414 e. The molecule has 1 aliphatic heterocycles. The van der Waals surface area contributed by atoms with Crippen LogP contribution in [0.4, 0.5) is 14.9 Å². The van der Waals surface area contributed by atoms with Gasteiger partial charge in [-0.25, -0.2) is 14.2 Å². The van der Waals surface area contributed by atoms with Crippen molar-refractivity contribution in [2.75, 3.05) is 11.4 Å². The highest BCUT2D eigenvalue weighted by Gasteiger charge is 2.32. The summed E-state index contributed by atoms with van der Waals surface area (Å²) < 4.78 is 24.2. The Balaban J connectivity index is 1.42. The lowest BCUT2D eigenvalue weighted by atomic mass is 10.0. The van der Waals surface area contributed by atoms with Crippen LogP contribution < -0.4 is 10.2 Å². The molecule has 1 N–H and O–H groups in total. The number of nitrogens with zero attached hydrogens (tertiary/aromatic N) is 3. The Labute approximate surface area is 193 Å². The van der Waals surface area contributed by atoms with Gasteiger partial charge >= 0.3 is 6.09 Å². The number of hydrogen-bond acceptors (Lipinski definition) is 7. The highest BCUT2D eigenvalue weighted by molar-refractivity contribution is 7.03. The average molecular weight is 469 g/mol. The maximum Gasteiger partial charge on any atom is 0.414 e. The second-order valence-electron chi connectivity index (χ2n) is 7.63. The van der Waals surface area contributed by atoms with Gasteiger partial charge in [-0.1, -0.05) is 12.1 Å². The number of ether oxygens (including phenoxy) is 1. The minimum Gasteiger partial charge on any atom is -0.444 e. The highest BCUT2D eigenvalue weighted by atomic mass is 32.1. The van der Waals surface area contributed by atoms with Gasteiger partial charge in [0.15, 0.2) is 5.82 Å². The van der Waals surface area contributed by atoms with Crippen molar-refractivity contribution in [3.8, 4) is 11.1 Å². The minimum absolute atomic E-state index is 0.0277. The zero-order chi connectivity index (χ0) is 23.4. The predicted molar refractivity (Wildman–Crippen MR) is 120 cm³/mol. The van der Waals surface area contributed by atoms with Crippen LogP contribution in [-0.2, 0) is 16.1 Å². The normalized spacial score (nSPS) is 15.4. The summed E-state index contributed by atoms with van der Waals surface area (Å²) in [6, 6.07) is 11.1. The number of carbonyl (C=O) groups is 3. The molecule has 2 aromatic carbocycles. The minimum atomic E-state index is -0.557. The summed E-state index contributed by atoms with van der Waals surface area (Å²) >= 11 is 1.21. The Kier molecular flexibility index (Phi) is 6.74. The number of carbonyl (C=O) groups excluding carboxylic acids is 3. The number of Topliss-reactive ketones (excluding diaryl/α,β-unsaturated/α-hetero) is 1. The van der Waals surface area contributed by atoms with E-state index in [-0.39, 0.29) is 24.8 Å². The van der Waals surface area contributed by atoms with Crippen LogP contribution in [0.5, 0.6) is 0 Å². The van der Waals surface area contributed by atoms with Crippen molar-refractivity contribution in [2.24, 2.45) is 0 Å². The van der Waals surface area contributed by atoms with Crippen LogP contribution in [-0.4, -0.2) is 39.8 Å². The number of rotatable bonds is 8. The molecule has 0 radical (unpaired) electrons. The van der Waals surface area contributed by atoms with Crippen LogP contribution in [0.2, 0.25) is 0 Å². The van der Waals surface area contributed by atoms with Gasteiger partial charge < -0.3 is 14.8 Å². The largest absolute Gasteiger partial charge is 0.444 e. The second-order valence-corrected chi connectivity index (χ2v) is 8.23. The van der Waals surface area contributed by atoms with Crippen molar-refractivity contribution in [1.29, 1.82) is 0 Å². The summed E-state index contributed by atoms with van der Waals surface area (Å²) in [7, 11) is 0. The van der Waals surface area contributed by atoms with E-state index in [0.29, 0.717) is 41.0 Å². The number of nitrogens with one attached hydrogen (secondary N) is 1. The van der Waals surface area contributed by atoms with E-state index < -0.39 is 18.0 Å². The number of aromatic nitrogens is 2. The molecule has 1 saturated heterocycles. The molecule has 0 aliphatic carbocycles. The molecule has 0 bridgehead atoms. The van der Waals surface area contributed by atoms with Gasteiger partial charge in [-0.05, 0) is 60.8 Å². The molecule has 1 aliphatic rings. The predicted octanol–water partition coefficient (Wildman–Crippen LogP) is 3.97. The van der Waals surface area contributed by atoms with E-state index in [1.165, 1.54) is 29.4 Å². The summed E-state index contributed by atoms with van der Waals surface area (Å²) in [5.74, 6) is -0.211. The zero-order valence-electron chi connectivity index (χ0n) is 17.8. The molecule has 2 amide bonds. The third kappa shape index (κ3) is 5.40. The quantitative estimate of drug-likeness (QED) is 0.537. The molecule has 0 unspecified atom stereocenters. The molecular formula is C23H21FN4O4S. The number of hydrogen-bond donors (Lipinski definition) is 1. The third-order valence-electron chi connectivity index (χ3n) is 5.23. The van der Waals surface area contributed by atoms with Crippen molar-refractivity contribution < 1.29 is 23.5 Å². The van der Waals surface area contributed by atoms with Gasteiger partial charge in [-0.3, -0.25) is 9.69 Å². The molecule has 0 saturated carbocycles. The van der Waals surface area contributed by atoms with E-state index in [2.05, 4.69) is 14.7 Å². The molecule has 33 heavy (non-hydrogen) atoms. The average Bonchev–Trinajstić information content (AvgIpc) is 3.45. The maximum atomic E-state index is 14.9. The number of amides is 2. The van der Waals surface area contributed by atoms with Gasteiger partial charge in [-0.2, -0.15) is 4.37 Å². The van der Waals surface area contributed by atoms with Gasteiger partial charge in [0.2, 0.25) is 0 Å². The number of benzene rings is 2. The van der Waals surface area contributed by atoms with Crippen molar-refractivity contribution >= 4 is 35.0 Å². The van der Waals surface area contributed by atoms with Crippen LogP contribution in [0.3, 0.4) is 0 Å². The number of anilines is 1. The molecule has 1 atom stereocenters. The van der Waals surface area contributed by atoms with E-state index in [4.69, 9.17) is 4.74 Å². The van der Waals surface area contributed by atoms with E-state index >= 15 is 0 Å². The van der Waals surface area contributed by atoms with Gasteiger partial charge in [0.05, 0.1) is 18.8 Å². The fraction of sp³-hybridized carbons (Fsp3) is 0.261. The lowest BCUT2D eigenvalue weighted by molar-refractivity contribution is -0.117. The third-order valence-corrected chi connectivity index (χ3v) is 5.74. The Morgan fingerprint density at radius 2 is 2.03 bits per heavy atom. The molecule has 10 heteroatoms. The Hall–Kier alpha value is -3.66. The van der Waals surface area contributed by atoms with E-state index in [1.807, 2.05) is 0 Å². The van der Waals surface area contributed by atoms with E-state index in [1.54, 1.807) is 41.9 Å². The molecule has 2 heterocycles. The molecule has 1 fully saturated rings. The Bertz CT molecular complexity index is 1170. The summed E-state index contributed by atoms with van der Waals surface area (Å²) in [5, 5.41) is 2.73. The Morgan fingerprint density at radius 1 is 1.24 bits per heavy atom. The number of cyclic esters (lactones) is 1. The highest BCUT2D eigenvalue weighted by Crippen LogP contribution is 2.30. The first-order valence-corrected chi connectivity index (χ1v) is 11.2. The van der Waals surface area contributed by atoms with Crippen LogP contribution in [0, 0.1) is 5.82 Å². The zero-order valence-corrected chi connectivity index (χ0v) is 18.6. The van der Waals surface area contributed by atoms with Crippen molar-refractivity contribution in [3.05, 3.63) is 65.2 Å². The Morgan fingerprint density at radius 3 is 2.70 bits per heavy atom. The van der Waals surface area contributed by atoms with Gasteiger partial charge in [0.25, 0.3) is 5.91 Å². The first-order valence-electron chi connectivity index (χ1n) is 10.3. The maximum absolute atomic E-state index is 14.9. The summed E-state index contributed by atoms with van der Waals surface area (Å²) in [5.41, 5.74) is 3.36. The van der Waals surface area contributed by atoms with Gasteiger partial charge in [0.1, 0.15) is 23.2 Å². The molecule has 1 aromatic heterocycles. The lowest BCUT2D eigenvalue weighted by Crippen LogP contribution is -2.24. The van der Waals surface area contributed by atoms with Crippen molar-refractivity contribution in [1.82, 2.24) is 14.7 Å². The molecule has 4 rings (SSSR count). The van der Waals surface area contributed by atoms with Gasteiger partial charge in [0, 0.05) is 17.5 Å². The van der Waals surface area contributed by atoms with E-state index in [0.717, 1.165) is 0 Å². The first-order chi connectivity index (χ1) is 15.9. The van der Waals surface area contributed by atoms with Crippen LogP contribution in [0.1, 0.15) is 35.9 Å². The summed E-state index contributed by atoms with van der Waals surface area (Å²) in [4.78, 5) is 41.0. The van der Waals surface area contributed by atoms with Gasteiger partial charge in [-0.15, -0.1) is 0 Å². The molecule has 170 valence electrons. The van der Waals surface area contributed by atoms with Crippen molar-refractivity contribution in [3.63, 3.8) is 0 Å². The molecule has 8 nitrogen and oxygen atoms in total. The number of halogens is 1. The number of ketones is 1. The molecule has 3 aromatic rings. The topological polar surface area (TPSA) is 101 Å². The first kappa shape index (κ1) is 22.5. The summed E-state index contributed by atoms with van der Waals surface area (Å²) in [6.45, 7) is 1.99. The monoisotopic (exact) mass is 468 g/mol. The fourth-order valence-electron chi connectivity index (χ4n) is 3.49.